The molecule has 0 bridgehead atoms. The first-order valence-electron chi connectivity index (χ1n) is 11.8. The highest BCUT2D eigenvalue weighted by atomic mass is 32.1. The molecule has 2 heterocycles. The van der Waals surface area contributed by atoms with Gasteiger partial charge in [0.1, 0.15) is 0 Å². The molecule has 0 radical (unpaired) electrons. The smallest absolute Gasteiger partial charge is 0.258 e. The predicted molar refractivity (Wildman–Crippen MR) is 117 cm³/mol. The van der Waals surface area contributed by atoms with Crippen LogP contribution < -0.4 is 5.32 Å². The number of aliphatic hydroxyl groups is 1. The molecular weight excluding hydrogens is 382 g/mol. The molecule has 3 fully saturated rings. The zero-order valence-electron chi connectivity index (χ0n) is 17.7. The number of rotatable bonds is 6. The van der Waals surface area contributed by atoms with E-state index in [-0.39, 0.29) is 17.9 Å². The number of hydrogen-bond donors (Lipinski definition) is 2. The van der Waals surface area contributed by atoms with E-state index in [0.29, 0.717) is 4.88 Å². The van der Waals surface area contributed by atoms with Gasteiger partial charge in [-0.1, -0.05) is 38.5 Å². The van der Waals surface area contributed by atoms with Crippen LogP contribution in [0.25, 0.3) is 0 Å². The lowest BCUT2D eigenvalue weighted by atomic mass is 9.83. The van der Waals surface area contributed by atoms with Gasteiger partial charge >= 0.3 is 0 Å². The van der Waals surface area contributed by atoms with Crippen molar-refractivity contribution >= 4 is 17.4 Å². The first-order chi connectivity index (χ1) is 14.2. The number of carbonyl (C=O) groups is 1. The van der Waals surface area contributed by atoms with Gasteiger partial charge in [-0.3, -0.25) is 4.79 Å². The van der Waals surface area contributed by atoms with Crippen LogP contribution in [0.2, 0.25) is 0 Å². The first-order valence-corrected chi connectivity index (χ1v) is 12.6. The highest BCUT2D eigenvalue weighted by Gasteiger charge is 2.48. The highest BCUT2D eigenvalue weighted by molar-refractivity contribution is 7.06. The lowest BCUT2D eigenvalue weighted by Crippen LogP contribution is -2.54. The van der Waals surface area contributed by atoms with Gasteiger partial charge in [-0.15, -0.1) is 0 Å². The van der Waals surface area contributed by atoms with Crippen molar-refractivity contribution in [3.05, 3.63) is 17.1 Å². The highest BCUT2D eigenvalue weighted by Crippen LogP contribution is 2.42. The number of nitrogens with one attached hydrogen (secondary N) is 1. The van der Waals surface area contributed by atoms with Crippen molar-refractivity contribution in [1.29, 1.82) is 0 Å². The average molecular weight is 420 g/mol. The fraction of sp³-hybridized carbons (Fsp3) is 0.826. The maximum Gasteiger partial charge on any atom is 0.258 e. The van der Waals surface area contributed by atoms with Crippen LogP contribution in [0.1, 0.15) is 81.9 Å². The van der Waals surface area contributed by atoms with Gasteiger partial charge in [0.15, 0.2) is 5.60 Å². The maximum atomic E-state index is 13.3. The molecule has 0 aromatic carbocycles. The molecule has 4 rings (SSSR count). The molecule has 6 heteroatoms. The van der Waals surface area contributed by atoms with Gasteiger partial charge in [0.25, 0.3) is 5.91 Å². The molecule has 29 heavy (non-hydrogen) atoms. The summed E-state index contributed by atoms with van der Waals surface area (Å²) in [6.07, 6.45) is 16.1. The zero-order chi connectivity index (χ0) is 20.1. The third-order valence-electron chi connectivity index (χ3n) is 7.52. The molecule has 1 saturated heterocycles. The normalized spacial score (nSPS) is 25.6. The van der Waals surface area contributed by atoms with Gasteiger partial charge in [-0.05, 0) is 62.0 Å². The molecule has 0 spiro atoms. The van der Waals surface area contributed by atoms with E-state index in [1.807, 2.05) is 6.07 Å². The van der Waals surface area contributed by atoms with Gasteiger partial charge in [0.2, 0.25) is 0 Å². The molecule has 1 amide bonds. The second-order valence-corrected chi connectivity index (χ2v) is 10.4. The zero-order valence-corrected chi connectivity index (χ0v) is 18.5. The van der Waals surface area contributed by atoms with Crippen molar-refractivity contribution in [2.45, 2.75) is 88.7 Å². The van der Waals surface area contributed by atoms with Crippen LogP contribution in [0.5, 0.6) is 0 Å². The van der Waals surface area contributed by atoms with Crippen LogP contribution in [0, 0.1) is 11.8 Å². The van der Waals surface area contributed by atoms with E-state index in [1.165, 1.54) is 56.6 Å². The van der Waals surface area contributed by atoms with Crippen LogP contribution >= 0.6 is 11.5 Å². The summed E-state index contributed by atoms with van der Waals surface area (Å²) in [4.78, 5) is 16.6. The molecular formula is C23H37N3O2S. The number of carbonyl (C=O) groups excluding carboxylic acids is 1. The lowest BCUT2D eigenvalue weighted by molar-refractivity contribution is -0.148. The Bertz CT molecular complexity index is 631. The van der Waals surface area contributed by atoms with E-state index in [1.54, 1.807) is 6.20 Å². The molecule has 5 nitrogen and oxygen atoms in total. The van der Waals surface area contributed by atoms with Crippen LogP contribution in [-0.4, -0.2) is 46.0 Å². The van der Waals surface area contributed by atoms with Gasteiger partial charge in [-0.2, -0.15) is 0 Å². The number of aromatic nitrogens is 1. The quantitative estimate of drug-likeness (QED) is 0.682. The van der Waals surface area contributed by atoms with E-state index < -0.39 is 5.60 Å². The third kappa shape index (κ3) is 5.02. The van der Waals surface area contributed by atoms with Crippen molar-refractivity contribution in [2.75, 3.05) is 19.6 Å². The van der Waals surface area contributed by atoms with Crippen molar-refractivity contribution in [3.63, 3.8) is 0 Å². The second-order valence-electron chi connectivity index (χ2n) is 9.53. The van der Waals surface area contributed by atoms with Crippen molar-refractivity contribution in [2.24, 2.45) is 11.8 Å². The Morgan fingerprint density at radius 2 is 1.72 bits per heavy atom. The van der Waals surface area contributed by atoms with Gasteiger partial charge < -0.3 is 15.3 Å². The number of likely N-dealkylation sites (tertiary alicyclic amines) is 1. The molecule has 1 unspecified atom stereocenters. The number of piperidine rings is 1. The number of nitrogens with zero attached hydrogens (tertiary/aromatic N) is 2. The standard InChI is InChI=1S/C23H37N3O2S/c27-22(23(28,19-9-5-6-10-19)21-11-14-24-29-21)25-20-12-15-26(16-13-20)17-18-7-3-1-2-4-8-18/h11,14,18-20,28H,1-10,12-13,15-17H2,(H,25,27). The Labute approximate surface area is 179 Å². The van der Waals surface area contributed by atoms with Crippen LogP contribution in [0.4, 0.5) is 0 Å². The third-order valence-corrected chi connectivity index (χ3v) is 8.39. The topological polar surface area (TPSA) is 65.5 Å². The van der Waals surface area contributed by atoms with Crippen LogP contribution in [0.3, 0.4) is 0 Å². The fourth-order valence-electron chi connectivity index (χ4n) is 5.72. The Hall–Kier alpha value is -0.980. The summed E-state index contributed by atoms with van der Waals surface area (Å²) in [5, 5.41) is 14.7. The van der Waals surface area contributed by atoms with Gasteiger partial charge in [-0.25, -0.2) is 4.37 Å². The molecule has 162 valence electrons. The minimum atomic E-state index is -1.41. The monoisotopic (exact) mass is 419 g/mol. The van der Waals surface area contributed by atoms with E-state index in [2.05, 4.69) is 14.6 Å². The molecule has 1 aliphatic heterocycles. The summed E-state index contributed by atoms with van der Waals surface area (Å²) >= 11 is 1.26. The minimum Gasteiger partial charge on any atom is -0.374 e. The molecule has 1 atom stereocenters. The Morgan fingerprint density at radius 1 is 1.07 bits per heavy atom. The number of amides is 1. The predicted octanol–water partition coefficient (Wildman–Crippen LogP) is 4.07. The summed E-state index contributed by atoms with van der Waals surface area (Å²) in [5.41, 5.74) is -1.41. The maximum absolute atomic E-state index is 13.3. The van der Waals surface area contributed by atoms with Crippen molar-refractivity contribution < 1.29 is 9.90 Å². The Balaban J connectivity index is 1.31. The molecule has 1 aromatic heterocycles. The van der Waals surface area contributed by atoms with Crippen LogP contribution in [-0.2, 0) is 10.4 Å². The molecule has 1 aromatic rings. The summed E-state index contributed by atoms with van der Waals surface area (Å²) in [7, 11) is 0. The van der Waals surface area contributed by atoms with Gasteiger partial charge in [0.05, 0.1) is 4.88 Å². The molecule has 2 saturated carbocycles. The van der Waals surface area contributed by atoms with Gasteiger partial charge in [0, 0.05) is 37.8 Å². The Morgan fingerprint density at radius 3 is 2.34 bits per heavy atom. The van der Waals surface area contributed by atoms with E-state index in [9.17, 15) is 9.90 Å². The fourth-order valence-corrected chi connectivity index (χ4v) is 6.48. The van der Waals surface area contributed by atoms with E-state index in [0.717, 1.165) is 57.5 Å². The van der Waals surface area contributed by atoms with E-state index in [4.69, 9.17) is 0 Å². The summed E-state index contributed by atoms with van der Waals surface area (Å²) in [5.74, 6) is 0.677. The van der Waals surface area contributed by atoms with Crippen LogP contribution in [0.15, 0.2) is 12.3 Å². The lowest BCUT2D eigenvalue weighted by Gasteiger charge is -2.37. The molecule has 3 aliphatic rings. The molecule has 2 aliphatic carbocycles. The van der Waals surface area contributed by atoms with E-state index >= 15 is 0 Å². The molecule has 2 N–H and O–H groups in total. The SMILES string of the molecule is O=C(NC1CCN(CC2CCCCCC2)CC1)C(O)(c1ccns1)C1CCCC1. The Kier molecular flexibility index (Phi) is 7.25. The van der Waals surface area contributed by atoms with Crippen molar-refractivity contribution in [3.8, 4) is 0 Å². The summed E-state index contributed by atoms with van der Waals surface area (Å²) in [6.45, 7) is 3.35. The average Bonchev–Trinajstić information content (AvgIpc) is 3.41. The largest absolute Gasteiger partial charge is 0.374 e. The summed E-state index contributed by atoms with van der Waals surface area (Å²) in [6, 6.07) is 1.99. The minimum absolute atomic E-state index is 0.0123. The second kappa shape index (κ2) is 9.88. The first kappa shape index (κ1) is 21.3. The summed E-state index contributed by atoms with van der Waals surface area (Å²) < 4.78 is 4.16. The van der Waals surface area contributed by atoms with Crippen molar-refractivity contribution in [1.82, 2.24) is 14.6 Å². The number of hydrogen-bond acceptors (Lipinski definition) is 5.